The van der Waals surface area contributed by atoms with Gasteiger partial charge in [-0.25, -0.2) is 0 Å². The van der Waals surface area contributed by atoms with E-state index in [9.17, 15) is 5.11 Å². The highest BCUT2D eigenvalue weighted by atomic mass is 16.3. The van der Waals surface area contributed by atoms with Crippen molar-refractivity contribution in [3.8, 4) is 0 Å². The quantitative estimate of drug-likeness (QED) is 0.528. The fraction of sp³-hybridized carbons (Fsp3) is 1.00. The van der Waals surface area contributed by atoms with E-state index in [2.05, 4.69) is 5.32 Å². The van der Waals surface area contributed by atoms with E-state index in [1.165, 1.54) is 0 Å². The molecule has 0 saturated carbocycles. The molecule has 0 spiro atoms. The van der Waals surface area contributed by atoms with Gasteiger partial charge >= 0.3 is 0 Å². The van der Waals surface area contributed by atoms with Crippen molar-refractivity contribution in [1.82, 2.24) is 5.32 Å². The van der Waals surface area contributed by atoms with Crippen molar-refractivity contribution in [1.29, 1.82) is 0 Å². The van der Waals surface area contributed by atoms with Gasteiger partial charge in [0.2, 0.25) is 0 Å². The largest absolute Gasteiger partial charge is 0.388 e. The molecule has 1 fully saturated rings. The number of aliphatic hydroxyl groups is 1. The summed E-state index contributed by atoms with van der Waals surface area (Å²) in [6.07, 6.45) is 1.99. The Kier molecular flexibility index (Phi) is 1.77. The average molecular weight is 143 g/mol. The summed E-state index contributed by atoms with van der Waals surface area (Å²) in [4.78, 5) is 0. The molecule has 1 heterocycles. The van der Waals surface area contributed by atoms with E-state index in [1.54, 1.807) is 0 Å². The van der Waals surface area contributed by atoms with Gasteiger partial charge in [-0.05, 0) is 40.2 Å². The molecule has 1 atom stereocenters. The van der Waals surface area contributed by atoms with Gasteiger partial charge in [0.25, 0.3) is 0 Å². The summed E-state index contributed by atoms with van der Waals surface area (Å²) in [7, 11) is 0. The summed E-state index contributed by atoms with van der Waals surface area (Å²) < 4.78 is 0. The van der Waals surface area contributed by atoms with Gasteiger partial charge in [-0.1, -0.05) is 0 Å². The van der Waals surface area contributed by atoms with Crippen LogP contribution in [0.15, 0.2) is 0 Å². The average Bonchev–Trinajstić information content (AvgIpc) is 1.77. The van der Waals surface area contributed by atoms with Crippen LogP contribution in [0.2, 0.25) is 0 Å². The summed E-state index contributed by atoms with van der Waals surface area (Å²) in [5.41, 5.74) is -0.656. The molecule has 1 rings (SSSR count). The highest BCUT2D eigenvalue weighted by molar-refractivity contribution is 4.99. The van der Waals surface area contributed by atoms with Crippen molar-refractivity contribution in [3.63, 3.8) is 0 Å². The molecule has 0 aromatic rings. The number of hydrogen-bond donors (Lipinski definition) is 2. The maximum absolute atomic E-state index is 9.84. The number of piperidine rings is 1. The molecule has 0 bridgehead atoms. The lowest BCUT2D eigenvalue weighted by molar-refractivity contribution is -0.0463. The van der Waals surface area contributed by atoms with Crippen LogP contribution in [0, 0.1) is 0 Å². The standard InChI is InChI=1S/C8H17NO/c1-7(2)8(3,10)5-4-6-9-7/h9-10H,4-6H2,1-3H3. The third-order valence-corrected chi connectivity index (χ3v) is 2.75. The van der Waals surface area contributed by atoms with E-state index in [4.69, 9.17) is 0 Å². The van der Waals surface area contributed by atoms with Gasteiger partial charge in [-0.2, -0.15) is 0 Å². The Labute approximate surface area is 62.6 Å². The first kappa shape index (κ1) is 8.02. The Morgan fingerprint density at radius 2 is 1.90 bits per heavy atom. The molecule has 2 nitrogen and oxygen atoms in total. The molecule has 0 radical (unpaired) electrons. The zero-order valence-corrected chi connectivity index (χ0v) is 7.07. The van der Waals surface area contributed by atoms with E-state index >= 15 is 0 Å². The number of nitrogens with one attached hydrogen (secondary N) is 1. The van der Waals surface area contributed by atoms with Crippen molar-refractivity contribution in [2.24, 2.45) is 0 Å². The SMILES string of the molecule is CC1(O)CCCNC1(C)C. The molecule has 1 aliphatic rings. The Morgan fingerprint density at radius 1 is 1.30 bits per heavy atom. The van der Waals surface area contributed by atoms with Crippen LogP contribution in [0.4, 0.5) is 0 Å². The second-order valence-electron chi connectivity index (χ2n) is 3.93. The van der Waals surface area contributed by atoms with Gasteiger partial charge < -0.3 is 10.4 Å². The van der Waals surface area contributed by atoms with E-state index < -0.39 is 5.60 Å². The van der Waals surface area contributed by atoms with Crippen LogP contribution in [-0.4, -0.2) is 22.8 Å². The predicted octanol–water partition coefficient (Wildman–Crippen LogP) is 0.899. The second-order valence-corrected chi connectivity index (χ2v) is 3.93. The van der Waals surface area contributed by atoms with Crippen LogP contribution in [0.3, 0.4) is 0 Å². The monoisotopic (exact) mass is 143 g/mol. The lowest BCUT2D eigenvalue weighted by atomic mass is 9.78. The summed E-state index contributed by atoms with van der Waals surface area (Å²) in [5, 5.41) is 13.1. The summed E-state index contributed by atoms with van der Waals surface area (Å²) >= 11 is 0. The van der Waals surface area contributed by atoms with Crippen LogP contribution >= 0.6 is 0 Å². The van der Waals surface area contributed by atoms with Crippen LogP contribution in [0.5, 0.6) is 0 Å². The number of hydrogen-bond acceptors (Lipinski definition) is 2. The van der Waals surface area contributed by atoms with Gasteiger partial charge in [0.05, 0.1) is 5.60 Å². The normalized spacial score (nSPS) is 39.6. The van der Waals surface area contributed by atoms with E-state index in [-0.39, 0.29) is 5.54 Å². The molecule has 60 valence electrons. The molecule has 0 aliphatic carbocycles. The third-order valence-electron chi connectivity index (χ3n) is 2.75. The minimum absolute atomic E-state index is 0.120. The Balaban J connectivity index is 2.70. The fourth-order valence-electron chi connectivity index (χ4n) is 1.34. The molecule has 0 aromatic carbocycles. The van der Waals surface area contributed by atoms with Crippen molar-refractivity contribution in [2.75, 3.05) is 6.54 Å². The molecule has 1 aliphatic heterocycles. The molecule has 1 saturated heterocycles. The minimum atomic E-state index is -0.536. The first-order chi connectivity index (χ1) is 4.46. The van der Waals surface area contributed by atoms with E-state index in [0.717, 1.165) is 19.4 Å². The molecule has 0 aromatic heterocycles. The van der Waals surface area contributed by atoms with Crippen molar-refractivity contribution >= 4 is 0 Å². The lowest BCUT2D eigenvalue weighted by Crippen LogP contribution is -2.60. The third kappa shape index (κ3) is 1.18. The van der Waals surface area contributed by atoms with Crippen molar-refractivity contribution in [3.05, 3.63) is 0 Å². The highest BCUT2D eigenvalue weighted by Gasteiger charge is 2.40. The van der Waals surface area contributed by atoms with Crippen LogP contribution < -0.4 is 5.32 Å². The van der Waals surface area contributed by atoms with Gasteiger partial charge in [0.1, 0.15) is 0 Å². The zero-order valence-electron chi connectivity index (χ0n) is 7.07. The molecular formula is C8H17NO. The number of rotatable bonds is 0. The summed E-state index contributed by atoms with van der Waals surface area (Å²) in [5.74, 6) is 0. The van der Waals surface area contributed by atoms with Gasteiger partial charge in [-0.15, -0.1) is 0 Å². The predicted molar refractivity (Wildman–Crippen MR) is 41.9 cm³/mol. The van der Waals surface area contributed by atoms with Crippen LogP contribution in [0.25, 0.3) is 0 Å². The fourth-order valence-corrected chi connectivity index (χ4v) is 1.34. The van der Waals surface area contributed by atoms with Crippen LogP contribution in [0.1, 0.15) is 33.6 Å². The molecule has 10 heavy (non-hydrogen) atoms. The molecule has 0 amide bonds. The van der Waals surface area contributed by atoms with E-state index in [1.807, 2.05) is 20.8 Å². The molecule has 1 unspecified atom stereocenters. The smallest absolute Gasteiger partial charge is 0.0795 e. The highest BCUT2D eigenvalue weighted by Crippen LogP contribution is 2.29. The maximum atomic E-state index is 9.84. The van der Waals surface area contributed by atoms with E-state index in [0.29, 0.717) is 0 Å². The first-order valence-corrected chi connectivity index (χ1v) is 3.93. The lowest BCUT2D eigenvalue weighted by Gasteiger charge is -2.44. The molecule has 2 N–H and O–H groups in total. The second kappa shape index (κ2) is 2.21. The topological polar surface area (TPSA) is 32.3 Å². The van der Waals surface area contributed by atoms with Gasteiger partial charge in [-0.3, -0.25) is 0 Å². The zero-order chi connectivity index (χ0) is 7.83. The maximum Gasteiger partial charge on any atom is 0.0795 e. The Morgan fingerprint density at radius 3 is 2.20 bits per heavy atom. The van der Waals surface area contributed by atoms with Crippen molar-refractivity contribution in [2.45, 2.75) is 44.8 Å². The Hall–Kier alpha value is -0.0800. The van der Waals surface area contributed by atoms with Crippen LogP contribution in [-0.2, 0) is 0 Å². The minimum Gasteiger partial charge on any atom is -0.388 e. The first-order valence-electron chi connectivity index (χ1n) is 3.93. The van der Waals surface area contributed by atoms with Gasteiger partial charge in [0.15, 0.2) is 0 Å². The Bertz CT molecular complexity index is 113. The summed E-state index contributed by atoms with van der Waals surface area (Å²) in [6.45, 7) is 7.03. The molecular weight excluding hydrogens is 126 g/mol. The van der Waals surface area contributed by atoms with Gasteiger partial charge in [0, 0.05) is 5.54 Å². The molecule has 2 heteroatoms. The summed E-state index contributed by atoms with van der Waals surface area (Å²) in [6, 6.07) is 0. The van der Waals surface area contributed by atoms with Crippen molar-refractivity contribution < 1.29 is 5.11 Å².